The molecule has 0 radical (unpaired) electrons. The number of nitrogen functional groups attached to an aromatic ring is 1. The van der Waals surface area contributed by atoms with E-state index in [-0.39, 0.29) is 0 Å². The first-order chi connectivity index (χ1) is 8.69. The molecule has 2 aromatic heterocycles. The van der Waals surface area contributed by atoms with Crippen molar-refractivity contribution in [1.29, 1.82) is 5.41 Å². The molecule has 0 aliphatic carbocycles. The number of rotatable bonds is 3. The second-order valence-electron chi connectivity index (χ2n) is 3.70. The minimum absolute atomic E-state index is 0.374. The Labute approximate surface area is 104 Å². The Morgan fingerprint density at radius 2 is 2.22 bits per heavy atom. The van der Waals surface area contributed by atoms with Crippen LogP contribution in [0.15, 0.2) is 24.5 Å². The topological polar surface area (TPSA) is 114 Å². The van der Waals surface area contributed by atoms with Crippen molar-refractivity contribution >= 4 is 34.2 Å². The number of allylic oxidation sites excluding steroid dienone is 1. The lowest BCUT2D eigenvalue weighted by Crippen LogP contribution is -2.00. The number of nitrogens with two attached hydrogens (primary N) is 2. The SMILES string of the molecule is CNc1cc2cc(C(C=N)=CN)nc(N)c2cn1. The lowest BCUT2D eigenvalue weighted by atomic mass is 10.1. The van der Waals surface area contributed by atoms with Crippen LogP contribution in [0.25, 0.3) is 16.3 Å². The number of hydrogen-bond donors (Lipinski definition) is 4. The molecule has 0 unspecified atom stereocenters. The predicted octanol–water partition coefficient (Wildman–Crippen LogP) is 1.20. The van der Waals surface area contributed by atoms with E-state index in [2.05, 4.69) is 15.3 Å². The average molecular weight is 242 g/mol. The molecule has 2 aromatic rings. The Bertz CT molecular complexity index is 632. The molecule has 0 atom stereocenters. The van der Waals surface area contributed by atoms with E-state index in [0.717, 1.165) is 22.8 Å². The summed E-state index contributed by atoms with van der Waals surface area (Å²) in [5.74, 6) is 1.12. The van der Waals surface area contributed by atoms with Gasteiger partial charge < -0.3 is 22.2 Å². The second-order valence-corrected chi connectivity index (χ2v) is 3.70. The summed E-state index contributed by atoms with van der Waals surface area (Å²) in [7, 11) is 1.79. The first-order valence-electron chi connectivity index (χ1n) is 5.36. The Morgan fingerprint density at radius 3 is 2.83 bits per heavy atom. The smallest absolute Gasteiger partial charge is 0.133 e. The Hall–Kier alpha value is -2.63. The molecule has 2 heterocycles. The molecule has 0 aliphatic rings. The fourth-order valence-corrected chi connectivity index (χ4v) is 1.67. The van der Waals surface area contributed by atoms with Gasteiger partial charge in [0.1, 0.15) is 11.6 Å². The highest BCUT2D eigenvalue weighted by atomic mass is 15.0. The van der Waals surface area contributed by atoms with Crippen LogP contribution in [0.1, 0.15) is 5.69 Å². The third kappa shape index (κ3) is 1.95. The number of pyridine rings is 2. The highest BCUT2D eigenvalue weighted by molar-refractivity contribution is 6.09. The van der Waals surface area contributed by atoms with Gasteiger partial charge in [0.05, 0.1) is 5.69 Å². The second kappa shape index (κ2) is 4.70. The summed E-state index contributed by atoms with van der Waals surface area (Å²) in [6, 6.07) is 3.70. The van der Waals surface area contributed by atoms with Crippen LogP contribution in [0.2, 0.25) is 0 Å². The number of aromatic nitrogens is 2. The van der Waals surface area contributed by atoms with Gasteiger partial charge in [0, 0.05) is 36.6 Å². The zero-order valence-electron chi connectivity index (χ0n) is 9.94. The van der Waals surface area contributed by atoms with E-state index in [1.807, 2.05) is 12.1 Å². The number of nitrogens with zero attached hydrogens (tertiary/aromatic N) is 2. The number of fused-ring (bicyclic) bond motifs is 1. The monoisotopic (exact) mass is 242 g/mol. The molecule has 18 heavy (non-hydrogen) atoms. The fraction of sp³-hybridized carbons (Fsp3) is 0.0833. The normalized spacial score (nSPS) is 11.5. The molecule has 2 rings (SSSR count). The Morgan fingerprint density at radius 1 is 1.44 bits per heavy atom. The zero-order chi connectivity index (χ0) is 13.1. The molecule has 0 spiro atoms. The number of anilines is 2. The Balaban J connectivity index is 2.69. The molecule has 0 saturated carbocycles. The molecule has 0 saturated heterocycles. The van der Waals surface area contributed by atoms with Crippen molar-refractivity contribution in [2.24, 2.45) is 5.73 Å². The van der Waals surface area contributed by atoms with Crippen LogP contribution in [-0.4, -0.2) is 23.2 Å². The molecule has 0 aromatic carbocycles. The van der Waals surface area contributed by atoms with E-state index in [1.165, 1.54) is 6.20 Å². The van der Waals surface area contributed by atoms with Crippen LogP contribution in [-0.2, 0) is 0 Å². The van der Waals surface area contributed by atoms with Crippen LogP contribution >= 0.6 is 0 Å². The van der Waals surface area contributed by atoms with E-state index in [9.17, 15) is 0 Å². The lowest BCUT2D eigenvalue weighted by molar-refractivity contribution is 1.28. The lowest BCUT2D eigenvalue weighted by Gasteiger charge is -2.07. The van der Waals surface area contributed by atoms with Crippen molar-refractivity contribution in [3.63, 3.8) is 0 Å². The van der Waals surface area contributed by atoms with Gasteiger partial charge in [0.25, 0.3) is 0 Å². The maximum atomic E-state index is 7.28. The quantitative estimate of drug-likeness (QED) is 0.604. The van der Waals surface area contributed by atoms with E-state index in [4.69, 9.17) is 16.9 Å². The highest BCUT2D eigenvalue weighted by Crippen LogP contribution is 2.24. The fourth-order valence-electron chi connectivity index (χ4n) is 1.67. The minimum Gasteiger partial charge on any atom is -0.404 e. The number of nitrogens with one attached hydrogen (secondary N) is 2. The molecule has 92 valence electrons. The van der Waals surface area contributed by atoms with Crippen molar-refractivity contribution < 1.29 is 0 Å². The van der Waals surface area contributed by atoms with E-state index in [1.54, 1.807) is 13.2 Å². The first kappa shape index (κ1) is 11.8. The summed E-state index contributed by atoms with van der Waals surface area (Å²) in [5.41, 5.74) is 12.4. The molecule has 0 bridgehead atoms. The van der Waals surface area contributed by atoms with Crippen LogP contribution < -0.4 is 16.8 Å². The summed E-state index contributed by atoms with van der Waals surface area (Å²) in [6.45, 7) is 0. The molecular formula is C12H14N6. The van der Waals surface area contributed by atoms with Crippen molar-refractivity contribution in [2.75, 3.05) is 18.1 Å². The molecule has 6 nitrogen and oxygen atoms in total. The van der Waals surface area contributed by atoms with Crippen LogP contribution in [0.5, 0.6) is 0 Å². The van der Waals surface area contributed by atoms with Crippen molar-refractivity contribution in [3.05, 3.63) is 30.2 Å². The van der Waals surface area contributed by atoms with Crippen molar-refractivity contribution in [1.82, 2.24) is 9.97 Å². The van der Waals surface area contributed by atoms with Crippen LogP contribution in [0.4, 0.5) is 11.6 Å². The van der Waals surface area contributed by atoms with Crippen molar-refractivity contribution in [3.8, 4) is 0 Å². The highest BCUT2D eigenvalue weighted by Gasteiger charge is 2.07. The number of hydrogen-bond acceptors (Lipinski definition) is 6. The van der Waals surface area contributed by atoms with Crippen LogP contribution in [0.3, 0.4) is 0 Å². The molecule has 0 amide bonds. The summed E-state index contributed by atoms with van der Waals surface area (Å²) in [5, 5.41) is 11.9. The van der Waals surface area contributed by atoms with E-state index >= 15 is 0 Å². The molecule has 6 N–H and O–H groups in total. The third-order valence-electron chi connectivity index (χ3n) is 2.63. The van der Waals surface area contributed by atoms with Crippen molar-refractivity contribution in [2.45, 2.75) is 0 Å². The molecule has 0 aliphatic heterocycles. The van der Waals surface area contributed by atoms with Crippen LogP contribution in [0, 0.1) is 5.41 Å². The largest absolute Gasteiger partial charge is 0.404 e. The van der Waals surface area contributed by atoms with Gasteiger partial charge in [-0.05, 0) is 17.5 Å². The third-order valence-corrected chi connectivity index (χ3v) is 2.63. The summed E-state index contributed by atoms with van der Waals surface area (Å²) < 4.78 is 0. The predicted molar refractivity (Wildman–Crippen MR) is 74.4 cm³/mol. The minimum atomic E-state index is 0.374. The van der Waals surface area contributed by atoms with Gasteiger partial charge in [0.15, 0.2) is 0 Å². The molecule has 0 fully saturated rings. The van der Waals surface area contributed by atoms with Gasteiger partial charge in [-0.1, -0.05) is 0 Å². The van der Waals surface area contributed by atoms with Gasteiger partial charge in [-0.15, -0.1) is 0 Å². The zero-order valence-corrected chi connectivity index (χ0v) is 9.94. The first-order valence-corrected chi connectivity index (χ1v) is 5.36. The average Bonchev–Trinajstić information content (AvgIpc) is 2.39. The van der Waals surface area contributed by atoms with Gasteiger partial charge in [-0.2, -0.15) is 0 Å². The maximum Gasteiger partial charge on any atom is 0.133 e. The Kier molecular flexibility index (Phi) is 3.09. The maximum absolute atomic E-state index is 7.28. The molecule has 6 heteroatoms. The molecular weight excluding hydrogens is 228 g/mol. The van der Waals surface area contributed by atoms with E-state index in [0.29, 0.717) is 17.1 Å². The van der Waals surface area contributed by atoms with Gasteiger partial charge in [-0.25, -0.2) is 9.97 Å². The van der Waals surface area contributed by atoms with E-state index < -0.39 is 0 Å². The summed E-state index contributed by atoms with van der Waals surface area (Å²) >= 11 is 0. The summed E-state index contributed by atoms with van der Waals surface area (Å²) in [6.07, 6.45) is 4.15. The summed E-state index contributed by atoms with van der Waals surface area (Å²) in [4.78, 5) is 8.40. The standard InChI is InChI=1S/C12H14N6/c1-16-11-3-7-2-10(8(4-13)5-14)18-12(15)9(7)6-17-11/h2-6,13H,14H2,1H3,(H2,15,18)(H,16,17). The van der Waals surface area contributed by atoms with Gasteiger partial charge >= 0.3 is 0 Å². The van der Waals surface area contributed by atoms with Gasteiger partial charge in [0.2, 0.25) is 0 Å². The van der Waals surface area contributed by atoms with Gasteiger partial charge in [-0.3, -0.25) is 0 Å².